The largest absolute Gasteiger partial charge is 0.322 e. The molecule has 0 aliphatic carbocycles. The maximum atomic E-state index is 12.4. The fourth-order valence-electron chi connectivity index (χ4n) is 2.63. The van der Waals surface area contributed by atoms with Gasteiger partial charge < -0.3 is 10.2 Å². The van der Waals surface area contributed by atoms with Crippen molar-refractivity contribution >= 4 is 44.9 Å². The third-order valence-electron chi connectivity index (χ3n) is 4.24. The Morgan fingerprint density at radius 1 is 1.24 bits per heavy atom. The summed E-state index contributed by atoms with van der Waals surface area (Å²) in [5.41, 5.74) is 1.90. The van der Waals surface area contributed by atoms with E-state index in [1.807, 2.05) is 55.8 Å². The molecule has 4 nitrogen and oxygen atoms in total. The summed E-state index contributed by atoms with van der Waals surface area (Å²) in [6, 6.07) is 16.2. The van der Waals surface area contributed by atoms with Crippen LogP contribution in [-0.4, -0.2) is 30.7 Å². The number of hydrogen-bond acceptors (Lipinski definition) is 4. The van der Waals surface area contributed by atoms with Crippen LogP contribution in [-0.2, 0) is 4.79 Å². The first-order chi connectivity index (χ1) is 12.1. The second kappa shape index (κ2) is 7.99. The number of carbonyl (C=O) groups excluding carboxylic acids is 1. The Kier molecular flexibility index (Phi) is 5.73. The number of quaternary nitrogens is 1. The number of rotatable bonds is 6. The quantitative estimate of drug-likeness (QED) is 0.653. The molecule has 3 rings (SSSR count). The molecule has 0 bridgehead atoms. The lowest BCUT2D eigenvalue weighted by molar-refractivity contribution is -0.902. The highest BCUT2D eigenvalue weighted by atomic mass is 32.2. The van der Waals surface area contributed by atoms with Crippen molar-refractivity contribution in [3.63, 3.8) is 0 Å². The van der Waals surface area contributed by atoms with Gasteiger partial charge in [0.05, 0.1) is 23.0 Å². The Morgan fingerprint density at radius 2 is 1.96 bits per heavy atom. The summed E-state index contributed by atoms with van der Waals surface area (Å²) < 4.78 is 1.19. The average Bonchev–Trinajstić information content (AvgIpc) is 3.05. The summed E-state index contributed by atoms with van der Waals surface area (Å²) in [6.45, 7) is 2.52. The van der Waals surface area contributed by atoms with E-state index in [0.717, 1.165) is 26.0 Å². The molecular weight excluding hydrogens is 350 g/mol. The number of aromatic nitrogens is 1. The van der Waals surface area contributed by atoms with E-state index in [1.165, 1.54) is 4.70 Å². The number of thiazole rings is 1. The number of amides is 1. The summed E-state index contributed by atoms with van der Waals surface area (Å²) >= 11 is 3.34. The summed E-state index contributed by atoms with van der Waals surface area (Å²) in [6.07, 6.45) is 2.01. The zero-order chi connectivity index (χ0) is 17.8. The molecule has 1 amide bonds. The van der Waals surface area contributed by atoms with Gasteiger partial charge in [0, 0.05) is 4.90 Å². The maximum Gasteiger partial charge on any atom is 0.279 e. The van der Waals surface area contributed by atoms with Crippen LogP contribution in [0.3, 0.4) is 0 Å². The molecule has 2 N–H and O–H groups in total. The van der Waals surface area contributed by atoms with Crippen LogP contribution in [0, 0.1) is 0 Å². The number of thioether (sulfide) groups is 1. The minimum absolute atomic E-state index is 0.0203. The molecule has 6 heteroatoms. The summed E-state index contributed by atoms with van der Waals surface area (Å²) in [5.74, 6) is 0.0203. The molecular formula is C19H22N3OS2+. The molecule has 0 aliphatic heterocycles. The van der Waals surface area contributed by atoms with Crippen LogP contribution < -0.4 is 10.2 Å². The first-order valence-electron chi connectivity index (χ1n) is 8.19. The Hall–Kier alpha value is -1.89. The zero-order valence-corrected chi connectivity index (χ0v) is 16.2. The molecule has 130 valence electrons. The van der Waals surface area contributed by atoms with Crippen molar-refractivity contribution in [2.75, 3.05) is 25.2 Å². The van der Waals surface area contributed by atoms with Crippen molar-refractivity contribution in [2.45, 2.75) is 17.9 Å². The van der Waals surface area contributed by atoms with Gasteiger partial charge in [0.25, 0.3) is 5.91 Å². The highest BCUT2D eigenvalue weighted by Crippen LogP contribution is 2.25. The molecule has 25 heavy (non-hydrogen) atoms. The molecule has 3 aromatic rings. The highest BCUT2D eigenvalue weighted by molar-refractivity contribution is 7.98. The van der Waals surface area contributed by atoms with Crippen molar-refractivity contribution in [3.8, 4) is 0 Å². The number of likely N-dealkylation sites (N-methyl/N-ethyl adjacent to an activating group) is 1. The van der Waals surface area contributed by atoms with E-state index >= 15 is 0 Å². The number of benzene rings is 2. The molecule has 2 aromatic carbocycles. The van der Waals surface area contributed by atoms with E-state index in [9.17, 15) is 4.79 Å². The number of nitrogens with zero attached hydrogens (tertiary/aromatic N) is 1. The van der Waals surface area contributed by atoms with Crippen molar-refractivity contribution in [3.05, 3.63) is 53.5 Å². The van der Waals surface area contributed by atoms with Crippen molar-refractivity contribution in [1.82, 2.24) is 4.98 Å². The lowest BCUT2D eigenvalue weighted by Gasteiger charge is -2.19. The van der Waals surface area contributed by atoms with Gasteiger partial charge in [0.2, 0.25) is 0 Å². The molecule has 0 fully saturated rings. The molecule has 1 unspecified atom stereocenters. The van der Waals surface area contributed by atoms with E-state index in [4.69, 9.17) is 4.98 Å². The Morgan fingerprint density at radius 3 is 2.72 bits per heavy atom. The standard InChI is InChI=1S/C19H21N3OS2/c1-13(19-21-15-9-5-7-11-17(15)25-19)22(2)12-18(23)20-14-8-4-6-10-16(14)24-3/h4-11,13H,12H2,1-3H3,(H,20,23)/p+1/t13-/m0/s1. The third kappa shape index (κ3) is 4.21. The number of carbonyl (C=O) groups is 1. The predicted molar refractivity (Wildman–Crippen MR) is 107 cm³/mol. The minimum Gasteiger partial charge on any atom is -0.322 e. The van der Waals surface area contributed by atoms with Gasteiger partial charge >= 0.3 is 0 Å². The Bertz CT molecular complexity index is 845. The Balaban J connectivity index is 1.66. The van der Waals surface area contributed by atoms with Crippen molar-refractivity contribution in [2.24, 2.45) is 0 Å². The smallest absolute Gasteiger partial charge is 0.279 e. The lowest BCUT2D eigenvalue weighted by atomic mass is 10.3. The minimum atomic E-state index is 0.0203. The van der Waals surface area contributed by atoms with Gasteiger partial charge in [-0.1, -0.05) is 24.3 Å². The number of nitrogens with one attached hydrogen (secondary N) is 2. The normalized spacial score (nSPS) is 13.6. The van der Waals surface area contributed by atoms with E-state index in [1.54, 1.807) is 23.1 Å². The van der Waals surface area contributed by atoms with E-state index < -0.39 is 0 Å². The topological polar surface area (TPSA) is 46.4 Å². The number of hydrogen-bond donors (Lipinski definition) is 2. The van der Waals surface area contributed by atoms with Crippen LogP contribution in [0.1, 0.15) is 18.0 Å². The second-order valence-electron chi connectivity index (χ2n) is 6.01. The van der Waals surface area contributed by atoms with Crippen molar-refractivity contribution < 1.29 is 9.69 Å². The second-order valence-corrected chi connectivity index (χ2v) is 7.92. The molecule has 0 aliphatic rings. The van der Waals surface area contributed by atoms with Crippen molar-refractivity contribution in [1.29, 1.82) is 0 Å². The van der Waals surface area contributed by atoms with E-state index in [2.05, 4.69) is 18.3 Å². The molecule has 0 saturated heterocycles. The van der Waals surface area contributed by atoms with E-state index in [0.29, 0.717) is 6.54 Å². The third-order valence-corrected chi connectivity index (χ3v) is 6.26. The van der Waals surface area contributed by atoms with Gasteiger partial charge in [-0.25, -0.2) is 4.98 Å². The summed E-state index contributed by atoms with van der Waals surface area (Å²) in [7, 11) is 2.04. The van der Waals surface area contributed by atoms with Gasteiger partial charge in [-0.2, -0.15) is 0 Å². The highest BCUT2D eigenvalue weighted by Gasteiger charge is 2.22. The molecule has 1 aromatic heterocycles. The number of fused-ring (bicyclic) bond motifs is 1. The predicted octanol–water partition coefficient (Wildman–Crippen LogP) is 3.23. The van der Waals surface area contributed by atoms with Crippen LogP contribution in [0.2, 0.25) is 0 Å². The summed E-state index contributed by atoms with van der Waals surface area (Å²) in [4.78, 5) is 19.4. The zero-order valence-electron chi connectivity index (χ0n) is 14.6. The molecule has 0 spiro atoms. The lowest BCUT2D eigenvalue weighted by Crippen LogP contribution is -3.10. The van der Waals surface area contributed by atoms with Crippen LogP contribution in [0.25, 0.3) is 10.2 Å². The molecule has 0 saturated carbocycles. The molecule has 2 atom stereocenters. The van der Waals surface area contributed by atoms with Crippen LogP contribution in [0.15, 0.2) is 53.4 Å². The summed E-state index contributed by atoms with van der Waals surface area (Å²) in [5, 5.41) is 4.09. The SMILES string of the molecule is CSc1ccccc1NC(=O)C[NH+](C)[C@@H](C)c1nc2ccccc2s1. The molecule has 0 radical (unpaired) electrons. The van der Waals surface area contributed by atoms with E-state index in [-0.39, 0.29) is 11.9 Å². The van der Waals surface area contributed by atoms with Crippen LogP contribution in [0.4, 0.5) is 5.69 Å². The van der Waals surface area contributed by atoms with Gasteiger partial charge in [0.1, 0.15) is 6.04 Å². The van der Waals surface area contributed by atoms with Gasteiger partial charge in [-0.3, -0.25) is 4.79 Å². The first kappa shape index (κ1) is 17.9. The Labute approximate surface area is 156 Å². The average molecular weight is 373 g/mol. The van der Waals surface area contributed by atoms with Crippen LogP contribution >= 0.6 is 23.1 Å². The maximum absolute atomic E-state index is 12.4. The monoisotopic (exact) mass is 372 g/mol. The number of para-hydroxylation sites is 2. The fraction of sp³-hybridized carbons (Fsp3) is 0.263. The van der Waals surface area contributed by atoms with Gasteiger partial charge in [0.15, 0.2) is 11.6 Å². The number of anilines is 1. The van der Waals surface area contributed by atoms with Crippen LogP contribution in [0.5, 0.6) is 0 Å². The fourth-order valence-corrected chi connectivity index (χ4v) is 4.30. The van der Waals surface area contributed by atoms with Gasteiger partial charge in [-0.05, 0) is 37.4 Å². The molecule has 1 heterocycles. The first-order valence-corrected chi connectivity index (χ1v) is 10.2. The van der Waals surface area contributed by atoms with Gasteiger partial charge in [-0.15, -0.1) is 23.1 Å².